The van der Waals surface area contributed by atoms with Crippen LogP contribution < -0.4 is 10.2 Å². The molecule has 3 aromatic rings. The van der Waals surface area contributed by atoms with Crippen molar-refractivity contribution in [1.29, 1.82) is 0 Å². The molecule has 2 N–H and O–H groups in total. The number of rotatable bonds is 4. The third kappa shape index (κ3) is 3.18. The van der Waals surface area contributed by atoms with E-state index in [0.717, 1.165) is 21.9 Å². The molecule has 4 aliphatic rings. The van der Waals surface area contributed by atoms with Gasteiger partial charge in [0.25, 0.3) is 0 Å². The number of nitrogens with one attached hydrogen (secondary N) is 2. The molecule has 182 valence electrons. The van der Waals surface area contributed by atoms with Crippen LogP contribution >= 0.6 is 23.1 Å². The molecule has 7 nitrogen and oxygen atoms in total. The van der Waals surface area contributed by atoms with Gasteiger partial charge in [-0.25, -0.2) is 0 Å². The van der Waals surface area contributed by atoms with E-state index in [4.69, 9.17) is 0 Å². The molecule has 0 radical (unpaired) electrons. The molecule has 2 aliphatic carbocycles. The maximum Gasteiger partial charge on any atom is 0.305 e. The van der Waals surface area contributed by atoms with Gasteiger partial charge in [0.05, 0.1) is 16.9 Å². The fourth-order valence-corrected chi connectivity index (χ4v) is 10.0. The minimum absolute atomic E-state index is 0.0191. The molecule has 36 heavy (non-hydrogen) atoms. The monoisotopic (exact) mass is 517 g/mol. The molecular weight excluding hydrogens is 494 g/mol. The first kappa shape index (κ1) is 22.1. The van der Waals surface area contributed by atoms with E-state index in [1.807, 2.05) is 36.4 Å². The predicted octanol–water partition coefficient (Wildman–Crippen LogP) is 3.55. The third-order valence-corrected chi connectivity index (χ3v) is 10.9. The molecule has 1 aromatic heterocycles. The molecule has 0 spiro atoms. The normalized spacial score (nSPS) is 31.8. The van der Waals surface area contributed by atoms with Gasteiger partial charge in [-0.2, -0.15) is 0 Å². The van der Waals surface area contributed by atoms with Crippen molar-refractivity contribution in [1.82, 2.24) is 9.88 Å². The second-order valence-corrected chi connectivity index (χ2v) is 12.3. The number of para-hydroxylation sites is 1. The summed E-state index contributed by atoms with van der Waals surface area (Å²) in [5.41, 5.74) is 1.78. The molecule has 9 heteroatoms. The second kappa shape index (κ2) is 8.18. The van der Waals surface area contributed by atoms with Crippen molar-refractivity contribution in [3.63, 3.8) is 0 Å². The summed E-state index contributed by atoms with van der Waals surface area (Å²) in [7, 11) is 0. The van der Waals surface area contributed by atoms with Crippen LogP contribution in [0.25, 0.3) is 0 Å². The van der Waals surface area contributed by atoms with Gasteiger partial charge in [0.2, 0.25) is 17.7 Å². The number of carbonyl (C=O) groups excluding carboxylic acids is 3. The van der Waals surface area contributed by atoms with Gasteiger partial charge in [-0.1, -0.05) is 59.9 Å². The van der Waals surface area contributed by atoms with Crippen LogP contribution in [0, 0.1) is 29.6 Å². The lowest BCUT2D eigenvalue weighted by atomic mass is 9.68. The summed E-state index contributed by atoms with van der Waals surface area (Å²) >= 11 is 2.93. The second-order valence-electron chi connectivity index (χ2n) is 10.0. The lowest BCUT2D eigenvalue weighted by Crippen LogP contribution is -2.42. The van der Waals surface area contributed by atoms with Gasteiger partial charge in [-0.05, 0) is 41.9 Å². The van der Waals surface area contributed by atoms with Crippen LogP contribution in [-0.4, -0.2) is 39.4 Å². The number of nitrogens with zero attached hydrogens (tertiary/aromatic N) is 1. The SMILES string of the molecule is O=C(CN1C(=O)[C@@H]2[C@H]3C[C@@H]([C@@H]4Sc5[nH]c(=O)sc5[C@@H](c5ccccc5)[C@@H]34)[C@H]2C1=O)Nc1ccccc1. The highest BCUT2D eigenvalue weighted by Crippen LogP contribution is 2.68. The lowest BCUT2D eigenvalue weighted by Gasteiger charge is -2.43. The molecule has 3 amide bonds. The maximum atomic E-state index is 13.6. The average Bonchev–Trinajstić information content (AvgIpc) is 3.61. The molecule has 2 aliphatic heterocycles. The number of imide groups is 1. The predicted molar refractivity (Wildman–Crippen MR) is 137 cm³/mol. The van der Waals surface area contributed by atoms with Crippen molar-refractivity contribution in [2.75, 3.05) is 11.9 Å². The Labute approximate surface area is 215 Å². The number of amides is 3. The number of benzene rings is 2. The molecule has 7 rings (SSSR count). The van der Waals surface area contributed by atoms with E-state index in [1.165, 1.54) is 16.2 Å². The van der Waals surface area contributed by atoms with Crippen LogP contribution in [0.4, 0.5) is 5.69 Å². The van der Waals surface area contributed by atoms with Crippen LogP contribution in [0.5, 0.6) is 0 Å². The zero-order valence-corrected chi connectivity index (χ0v) is 20.8. The number of hydrogen-bond acceptors (Lipinski definition) is 6. The Bertz CT molecular complexity index is 1440. The van der Waals surface area contributed by atoms with E-state index in [2.05, 4.69) is 22.4 Å². The zero-order valence-electron chi connectivity index (χ0n) is 19.1. The Hall–Kier alpha value is -3.17. The third-order valence-electron chi connectivity index (χ3n) is 8.33. The standard InChI is InChI=1S/C27H23N3O4S2/c31-17(28-14-9-5-2-6-10-14)12-30-25(32)20-15-11-16(21(20)26(30)33)22-19(15)18(13-7-3-1-4-8-13)23-24(35-22)29-27(34)36-23/h1-10,15-16,18-22H,11-12H2,(H,28,31)(H,29,34)/t15-,16+,18-,19+,20+,21+,22-/m0/s1. The summed E-state index contributed by atoms with van der Waals surface area (Å²) < 4.78 is 0. The average molecular weight is 518 g/mol. The Kier molecular flexibility index (Phi) is 5.01. The molecule has 3 fully saturated rings. The number of aromatic amines is 1. The van der Waals surface area contributed by atoms with Crippen LogP contribution in [0.1, 0.15) is 22.8 Å². The van der Waals surface area contributed by atoms with Crippen molar-refractivity contribution >= 4 is 46.5 Å². The van der Waals surface area contributed by atoms with Crippen LogP contribution in [0.15, 0.2) is 70.5 Å². The number of anilines is 1. The van der Waals surface area contributed by atoms with Gasteiger partial charge in [0.1, 0.15) is 6.54 Å². The van der Waals surface area contributed by atoms with E-state index in [1.54, 1.807) is 23.9 Å². The van der Waals surface area contributed by atoms with E-state index in [9.17, 15) is 19.2 Å². The van der Waals surface area contributed by atoms with Crippen molar-refractivity contribution in [2.24, 2.45) is 29.6 Å². The van der Waals surface area contributed by atoms with Crippen LogP contribution in [0.3, 0.4) is 0 Å². The summed E-state index contributed by atoms with van der Waals surface area (Å²) in [6, 6.07) is 19.2. The molecule has 0 unspecified atom stereocenters. The van der Waals surface area contributed by atoms with Crippen molar-refractivity contribution in [3.05, 3.63) is 80.8 Å². The molecule has 7 atom stereocenters. The Morgan fingerprint density at radius 1 is 0.944 bits per heavy atom. The first-order valence-corrected chi connectivity index (χ1v) is 13.9. The lowest BCUT2D eigenvalue weighted by molar-refractivity contribution is -0.143. The molecule has 1 saturated heterocycles. The topological polar surface area (TPSA) is 99.3 Å². The fraction of sp³-hybridized carbons (Fsp3) is 0.333. The summed E-state index contributed by atoms with van der Waals surface area (Å²) in [5.74, 6) is -1.30. The molecule has 2 saturated carbocycles. The quantitative estimate of drug-likeness (QED) is 0.516. The van der Waals surface area contributed by atoms with E-state index in [-0.39, 0.29) is 64.0 Å². The minimum Gasteiger partial charge on any atom is -0.325 e. The summed E-state index contributed by atoms with van der Waals surface area (Å²) in [4.78, 5) is 57.3. The molecular formula is C27H23N3O4S2. The smallest absolute Gasteiger partial charge is 0.305 e. The summed E-state index contributed by atoms with van der Waals surface area (Å²) in [6.45, 7) is -0.260. The summed E-state index contributed by atoms with van der Waals surface area (Å²) in [5, 5.41) is 3.83. The molecule has 2 bridgehead atoms. The Morgan fingerprint density at radius 3 is 2.33 bits per heavy atom. The number of thiazole rings is 1. The van der Waals surface area contributed by atoms with Gasteiger partial charge in [0.15, 0.2) is 0 Å². The van der Waals surface area contributed by atoms with Crippen molar-refractivity contribution in [3.8, 4) is 0 Å². The number of hydrogen-bond donors (Lipinski definition) is 2. The van der Waals surface area contributed by atoms with Gasteiger partial charge < -0.3 is 10.3 Å². The van der Waals surface area contributed by atoms with Crippen LogP contribution in [0.2, 0.25) is 0 Å². The van der Waals surface area contributed by atoms with Crippen molar-refractivity contribution < 1.29 is 14.4 Å². The van der Waals surface area contributed by atoms with E-state index >= 15 is 0 Å². The Morgan fingerprint density at radius 2 is 1.61 bits per heavy atom. The molecule has 2 aromatic carbocycles. The van der Waals surface area contributed by atoms with E-state index in [0.29, 0.717) is 5.69 Å². The molecule has 3 heterocycles. The van der Waals surface area contributed by atoms with Gasteiger partial charge in [-0.3, -0.25) is 24.1 Å². The number of H-pyrrole nitrogens is 1. The highest BCUT2D eigenvalue weighted by atomic mass is 32.2. The highest BCUT2D eigenvalue weighted by molar-refractivity contribution is 8.00. The summed E-state index contributed by atoms with van der Waals surface area (Å²) in [6.07, 6.45) is 0.835. The highest BCUT2D eigenvalue weighted by Gasteiger charge is 2.69. The number of fused-ring (bicyclic) bond motifs is 9. The van der Waals surface area contributed by atoms with Gasteiger partial charge in [0, 0.05) is 21.7 Å². The fourth-order valence-electron chi connectivity index (χ4n) is 7.13. The first-order valence-electron chi connectivity index (χ1n) is 12.2. The van der Waals surface area contributed by atoms with Crippen LogP contribution in [-0.2, 0) is 14.4 Å². The zero-order chi connectivity index (χ0) is 24.6. The van der Waals surface area contributed by atoms with Gasteiger partial charge in [-0.15, -0.1) is 11.8 Å². The largest absolute Gasteiger partial charge is 0.325 e. The van der Waals surface area contributed by atoms with E-state index < -0.39 is 5.92 Å². The number of aromatic nitrogens is 1. The van der Waals surface area contributed by atoms with Gasteiger partial charge >= 0.3 is 4.87 Å². The number of thioether (sulfide) groups is 1. The Balaban J connectivity index is 1.20. The maximum absolute atomic E-state index is 13.6. The minimum atomic E-state index is -0.391. The van der Waals surface area contributed by atoms with Crippen molar-refractivity contribution in [2.45, 2.75) is 22.6 Å². The first-order chi connectivity index (χ1) is 17.5. The number of likely N-dealkylation sites (tertiary alicyclic amines) is 1. The number of carbonyl (C=O) groups is 3.